The van der Waals surface area contributed by atoms with Crippen LogP contribution in [0.1, 0.15) is 32.3 Å². The Kier molecular flexibility index (Phi) is 5.52. The molecule has 0 aromatic heterocycles. The van der Waals surface area contributed by atoms with Crippen LogP contribution in [0.5, 0.6) is 0 Å². The molecule has 0 fully saturated rings. The minimum absolute atomic E-state index is 0.00865. The second kappa shape index (κ2) is 7.58. The first-order valence-electron chi connectivity index (χ1n) is 7.70. The van der Waals surface area contributed by atoms with Gasteiger partial charge < -0.3 is 10.2 Å². The molecule has 0 aliphatic carbocycles. The second-order valence-corrected chi connectivity index (χ2v) is 5.77. The summed E-state index contributed by atoms with van der Waals surface area (Å²) in [6.07, 6.45) is 0. The first kappa shape index (κ1) is 16.7. The second-order valence-electron chi connectivity index (χ2n) is 5.77. The fraction of sp³-hybridized carbons (Fsp3) is 0.263. The molecule has 120 valence electrons. The lowest BCUT2D eigenvalue weighted by atomic mass is 10.0. The first-order valence-corrected chi connectivity index (χ1v) is 7.70. The zero-order valence-corrected chi connectivity index (χ0v) is 13.7. The number of hydrogen-bond donors (Lipinski definition) is 1. The Hall–Kier alpha value is -2.62. The van der Waals surface area contributed by atoms with Gasteiger partial charge in [0.05, 0.1) is 0 Å². The third-order valence-electron chi connectivity index (χ3n) is 3.61. The van der Waals surface area contributed by atoms with Crippen molar-refractivity contribution in [3.05, 3.63) is 60.2 Å². The van der Waals surface area contributed by atoms with E-state index in [0.717, 1.165) is 5.69 Å². The lowest BCUT2D eigenvalue weighted by Crippen LogP contribution is -2.36. The summed E-state index contributed by atoms with van der Waals surface area (Å²) in [6, 6.07) is 16.9. The molecule has 23 heavy (non-hydrogen) atoms. The summed E-state index contributed by atoms with van der Waals surface area (Å²) in [5.41, 5.74) is 2.67. The summed E-state index contributed by atoms with van der Waals surface area (Å²) in [4.78, 5) is 25.5. The van der Waals surface area contributed by atoms with Crippen LogP contribution in [0.4, 0.5) is 11.4 Å². The van der Waals surface area contributed by atoms with Crippen molar-refractivity contribution in [3.63, 3.8) is 0 Å². The molecule has 2 amide bonds. The molecule has 2 aromatic carbocycles. The maximum absolute atomic E-state index is 12.2. The standard InChI is InChI=1S/C19H22N2O2/c1-14(2)16-9-11-17(12-10-16)20-19(23)13-21(15(3)22)18-7-5-4-6-8-18/h4-12,14H,13H2,1-3H3,(H,20,23). The van der Waals surface area contributed by atoms with Crippen molar-refractivity contribution in [3.8, 4) is 0 Å². The zero-order valence-electron chi connectivity index (χ0n) is 13.7. The minimum Gasteiger partial charge on any atom is -0.325 e. The van der Waals surface area contributed by atoms with E-state index in [9.17, 15) is 9.59 Å². The summed E-state index contributed by atoms with van der Waals surface area (Å²) in [5.74, 6) is 0.0638. The summed E-state index contributed by atoms with van der Waals surface area (Å²) in [7, 11) is 0. The van der Waals surface area contributed by atoms with E-state index in [-0.39, 0.29) is 18.4 Å². The van der Waals surface area contributed by atoms with Gasteiger partial charge in [-0.1, -0.05) is 44.2 Å². The monoisotopic (exact) mass is 310 g/mol. The molecule has 0 spiro atoms. The zero-order chi connectivity index (χ0) is 16.8. The van der Waals surface area contributed by atoms with Gasteiger partial charge in [-0.15, -0.1) is 0 Å². The van der Waals surface area contributed by atoms with E-state index in [1.165, 1.54) is 17.4 Å². The molecule has 0 aliphatic rings. The number of para-hydroxylation sites is 1. The number of nitrogens with zero attached hydrogens (tertiary/aromatic N) is 1. The molecular formula is C19H22N2O2. The average molecular weight is 310 g/mol. The molecule has 0 saturated carbocycles. The van der Waals surface area contributed by atoms with Gasteiger partial charge >= 0.3 is 0 Å². The average Bonchev–Trinajstić information content (AvgIpc) is 2.53. The SMILES string of the molecule is CC(=O)N(CC(=O)Nc1ccc(C(C)C)cc1)c1ccccc1. The number of hydrogen-bond acceptors (Lipinski definition) is 2. The maximum Gasteiger partial charge on any atom is 0.244 e. The van der Waals surface area contributed by atoms with Crippen LogP contribution >= 0.6 is 0 Å². The molecule has 0 aliphatic heterocycles. The highest BCUT2D eigenvalue weighted by atomic mass is 16.2. The van der Waals surface area contributed by atoms with E-state index in [0.29, 0.717) is 11.6 Å². The highest BCUT2D eigenvalue weighted by Crippen LogP contribution is 2.18. The van der Waals surface area contributed by atoms with Gasteiger partial charge in [0, 0.05) is 18.3 Å². The van der Waals surface area contributed by atoms with E-state index in [1.807, 2.05) is 54.6 Å². The topological polar surface area (TPSA) is 49.4 Å². The Labute approximate surface area is 137 Å². The van der Waals surface area contributed by atoms with Gasteiger partial charge in [0.25, 0.3) is 0 Å². The Bertz CT molecular complexity index is 664. The predicted molar refractivity (Wildman–Crippen MR) is 93.6 cm³/mol. The van der Waals surface area contributed by atoms with Gasteiger partial charge in [0.15, 0.2) is 0 Å². The third kappa shape index (κ3) is 4.68. The van der Waals surface area contributed by atoms with Gasteiger partial charge in [-0.25, -0.2) is 0 Å². The first-order chi connectivity index (χ1) is 11.0. The largest absolute Gasteiger partial charge is 0.325 e. The van der Waals surface area contributed by atoms with Crippen molar-refractivity contribution in [1.29, 1.82) is 0 Å². The molecule has 0 heterocycles. The van der Waals surface area contributed by atoms with E-state index < -0.39 is 0 Å². The molecule has 0 unspecified atom stereocenters. The van der Waals surface area contributed by atoms with Crippen LogP contribution < -0.4 is 10.2 Å². The van der Waals surface area contributed by atoms with Crippen molar-refractivity contribution in [2.75, 3.05) is 16.8 Å². The van der Waals surface area contributed by atoms with Crippen molar-refractivity contribution in [1.82, 2.24) is 0 Å². The molecule has 4 nitrogen and oxygen atoms in total. The van der Waals surface area contributed by atoms with Crippen LogP contribution in [-0.4, -0.2) is 18.4 Å². The highest BCUT2D eigenvalue weighted by Gasteiger charge is 2.15. The number of rotatable bonds is 5. The lowest BCUT2D eigenvalue weighted by Gasteiger charge is -2.20. The van der Waals surface area contributed by atoms with Crippen LogP contribution in [0.3, 0.4) is 0 Å². The molecule has 0 saturated heterocycles. The van der Waals surface area contributed by atoms with Crippen LogP contribution in [0, 0.1) is 0 Å². The van der Waals surface area contributed by atoms with Crippen molar-refractivity contribution < 1.29 is 9.59 Å². The smallest absolute Gasteiger partial charge is 0.244 e. The van der Waals surface area contributed by atoms with Gasteiger partial charge in [-0.05, 0) is 35.7 Å². The Morgan fingerprint density at radius 2 is 1.61 bits per heavy atom. The number of anilines is 2. The van der Waals surface area contributed by atoms with Crippen molar-refractivity contribution in [2.24, 2.45) is 0 Å². The lowest BCUT2D eigenvalue weighted by molar-refractivity contribution is -0.120. The summed E-state index contributed by atoms with van der Waals surface area (Å²) < 4.78 is 0. The normalized spacial score (nSPS) is 10.4. The van der Waals surface area contributed by atoms with Gasteiger partial charge in [0.1, 0.15) is 6.54 Å². The minimum atomic E-state index is -0.221. The van der Waals surface area contributed by atoms with Crippen molar-refractivity contribution >= 4 is 23.2 Å². The summed E-state index contributed by atoms with van der Waals surface area (Å²) in [5, 5.41) is 2.83. The maximum atomic E-state index is 12.2. The number of nitrogens with one attached hydrogen (secondary N) is 1. The van der Waals surface area contributed by atoms with Gasteiger partial charge in [-0.3, -0.25) is 9.59 Å². The number of carbonyl (C=O) groups is 2. The fourth-order valence-corrected chi connectivity index (χ4v) is 2.29. The Morgan fingerprint density at radius 3 is 2.13 bits per heavy atom. The van der Waals surface area contributed by atoms with Crippen LogP contribution in [0.15, 0.2) is 54.6 Å². The molecule has 0 radical (unpaired) electrons. The molecule has 2 rings (SSSR count). The summed E-state index contributed by atoms with van der Waals surface area (Å²) in [6.45, 7) is 5.69. The van der Waals surface area contributed by atoms with E-state index in [2.05, 4.69) is 19.2 Å². The van der Waals surface area contributed by atoms with E-state index >= 15 is 0 Å². The fourth-order valence-electron chi connectivity index (χ4n) is 2.29. The number of carbonyl (C=O) groups excluding carboxylic acids is 2. The van der Waals surface area contributed by atoms with Crippen molar-refractivity contribution in [2.45, 2.75) is 26.7 Å². The number of amides is 2. The van der Waals surface area contributed by atoms with E-state index in [4.69, 9.17) is 0 Å². The molecular weight excluding hydrogens is 288 g/mol. The Balaban J connectivity index is 2.03. The molecule has 2 aromatic rings. The quantitative estimate of drug-likeness (QED) is 0.913. The molecule has 1 N–H and O–H groups in total. The highest BCUT2D eigenvalue weighted by molar-refractivity contribution is 6.01. The van der Waals surface area contributed by atoms with Crippen LogP contribution in [0.25, 0.3) is 0 Å². The summed E-state index contributed by atoms with van der Waals surface area (Å²) >= 11 is 0. The molecule has 0 bridgehead atoms. The third-order valence-corrected chi connectivity index (χ3v) is 3.61. The molecule has 0 atom stereocenters. The number of benzene rings is 2. The van der Waals surface area contributed by atoms with Gasteiger partial charge in [0.2, 0.25) is 11.8 Å². The molecule has 4 heteroatoms. The van der Waals surface area contributed by atoms with Gasteiger partial charge in [-0.2, -0.15) is 0 Å². The predicted octanol–water partition coefficient (Wildman–Crippen LogP) is 3.80. The van der Waals surface area contributed by atoms with Crippen LogP contribution in [0.2, 0.25) is 0 Å². The van der Waals surface area contributed by atoms with Crippen LogP contribution in [-0.2, 0) is 9.59 Å². The Morgan fingerprint density at radius 1 is 1.00 bits per heavy atom. The van der Waals surface area contributed by atoms with E-state index in [1.54, 1.807) is 0 Å².